The molecule has 3 aromatic rings. The summed E-state index contributed by atoms with van der Waals surface area (Å²) in [5, 5.41) is 14.7. The maximum Gasteiger partial charge on any atom is 0.423 e. The normalized spacial score (nSPS) is 21.1. The smallest absolute Gasteiger partial charge is 0.423 e. The summed E-state index contributed by atoms with van der Waals surface area (Å²) < 4.78 is 85.1. The van der Waals surface area contributed by atoms with Gasteiger partial charge in [-0.25, -0.2) is 0 Å². The van der Waals surface area contributed by atoms with E-state index in [4.69, 9.17) is 16.0 Å². The molecular formula is C28H29ClF6N4O3. The minimum atomic E-state index is -4.83. The van der Waals surface area contributed by atoms with Crippen LogP contribution in [0.3, 0.4) is 0 Å². The van der Waals surface area contributed by atoms with Crippen molar-refractivity contribution in [1.82, 2.24) is 9.80 Å². The zero-order valence-corrected chi connectivity index (χ0v) is 23.2. The number of piperazine rings is 1. The fourth-order valence-corrected chi connectivity index (χ4v) is 6.22. The predicted molar refractivity (Wildman–Crippen MR) is 146 cm³/mol. The zero-order valence-electron chi connectivity index (χ0n) is 22.4. The van der Waals surface area contributed by atoms with E-state index < -0.39 is 34.1 Å². The molecule has 5 rings (SSSR count). The molecule has 7 nitrogen and oxygen atoms in total. The number of nitro groups is 1. The molecule has 1 saturated heterocycles. The first kappa shape index (κ1) is 30.4. The molecule has 2 atom stereocenters. The van der Waals surface area contributed by atoms with E-state index in [1.807, 2.05) is 0 Å². The minimum absolute atomic E-state index is 0.0580. The van der Waals surface area contributed by atoms with Crippen LogP contribution in [-0.4, -0.2) is 59.5 Å². The number of nitrogens with one attached hydrogen (secondary N) is 1. The van der Waals surface area contributed by atoms with Crippen LogP contribution in [0, 0.1) is 10.1 Å². The third-order valence-corrected chi connectivity index (χ3v) is 8.53. The van der Waals surface area contributed by atoms with Crippen LogP contribution in [0.4, 0.5) is 37.7 Å². The van der Waals surface area contributed by atoms with Gasteiger partial charge in [0.05, 0.1) is 15.5 Å². The van der Waals surface area contributed by atoms with Crippen LogP contribution in [0.5, 0.6) is 0 Å². The second kappa shape index (κ2) is 11.9. The zero-order chi connectivity index (χ0) is 30.2. The Bertz CT molecular complexity index is 1440. The van der Waals surface area contributed by atoms with Crippen molar-refractivity contribution in [1.29, 1.82) is 0 Å². The van der Waals surface area contributed by atoms with Crippen molar-refractivity contribution in [3.63, 3.8) is 0 Å². The van der Waals surface area contributed by atoms with Crippen molar-refractivity contribution in [2.24, 2.45) is 0 Å². The molecule has 2 aromatic carbocycles. The lowest BCUT2D eigenvalue weighted by Crippen LogP contribution is -2.52. The van der Waals surface area contributed by atoms with Gasteiger partial charge in [0, 0.05) is 68.4 Å². The molecule has 14 heteroatoms. The molecule has 1 aromatic heterocycles. The van der Waals surface area contributed by atoms with Crippen LogP contribution in [0.2, 0.25) is 5.02 Å². The molecule has 1 aliphatic carbocycles. The summed E-state index contributed by atoms with van der Waals surface area (Å²) in [4.78, 5) is 14.7. The molecule has 2 aliphatic rings. The van der Waals surface area contributed by atoms with Gasteiger partial charge in [0.1, 0.15) is 16.9 Å². The van der Waals surface area contributed by atoms with E-state index in [0.29, 0.717) is 24.3 Å². The lowest BCUT2D eigenvalue weighted by molar-refractivity contribution is -0.388. The van der Waals surface area contributed by atoms with Crippen LogP contribution >= 0.6 is 11.6 Å². The fraction of sp³-hybridized carbons (Fsp3) is 0.500. The summed E-state index contributed by atoms with van der Waals surface area (Å²) in [6.45, 7) is 3.80. The van der Waals surface area contributed by atoms with E-state index in [2.05, 4.69) is 15.1 Å². The molecule has 1 N–H and O–H groups in total. The van der Waals surface area contributed by atoms with Crippen LogP contribution in [0.25, 0.3) is 11.0 Å². The monoisotopic (exact) mass is 618 g/mol. The summed E-state index contributed by atoms with van der Waals surface area (Å²) in [5.41, 5.74) is -2.49. The van der Waals surface area contributed by atoms with Gasteiger partial charge in [-0.05, 0) is 56.0 Å². The highest BCUT2D eigenvalue weighted by molar-refractivity contribution is 6.36. The van der Waals surface area contributed by atoms with Crippen LogP contribution in [-0.2, 0) is 18.8 Å². The van der Waals surface area contributed by atoms with E-state index >= 15 is 0 Å². The summed E-state index contributed by atoms with van der Waals surface area (Å²) >= 11 is 6.37. The van der Waals surface area contributed by atoms with Gasteiger partial charge in [-0.3, -0.25) is 15.0 Å². The largest absolute Gasteiger partial charge is 0.459 e. The molecule has 228 valence electrons. The summed E-state index contributed by atoms with van der Waals surface area (Å²) in [5.74, 6) is 0.453. The third-order valence-electron chi connectivity index (χ3n) is 8.12. The molecule has 42 heavy (non-hydrogen) atoms. The van der Waals surface area contributed by atoms with E-state index in [0.717, 1.165) is 76.1 Å². The highest BCUT2D eigenvalue weighted by Crippen LogP contribution is 2.39. The average Bonchev–Trinajstić information content (AvgIpc) is 3.26. The number of benzene rings is 2. The van der Waals surface area contributed by atoms with Gasteiger partial charge in [0.2, 0.25) is 0 Å². The molecule has 0 radical (unpaired) electrons. The second-order valence-corrected chi connectivity index (χ2v) is 11.2. The number of alkyl halides is 6. The number of halogens is 7. The Kier molecular flexibility index (Phi) is 8.64. The first-order valence-corrected chi connectivity index (χ1v) is 14.0. The van der Waals surface area contributed by atoms with Crippen molar-refractivity contribution in [3.8, 4) is 0 Å². The Hall–Kier alpha value is -3.03. The Labute approximate surface area is 242 Å². The van der Waals surface area contributed by atoms with Crippen LogP contribution in [0.15, 0.2) is 40.8 Å². The van der Waals surface area contributed by atoms with E-state index in [-0.39, 0.29) is 28.2 Å². The topological polar surface area (TPSA) is 74.8 Å². The Morgan fingerprint density at radius 2 is 1.74 bits per heavy atom. The quantitative estimate of drug-likeness (QED) is 0.167. The van der Waals surface area contributed by atoms with Gasteiger partial charge >= 0.3 is 12.4 Å². The van der Waals surface area contributed by atoms with E-state index in [9.17, 15) is 36.5 Å². The predicted octanol–water partition coefficient (Wildman–Crippen LogP) is 7.62. The van der Waals surface area contributed by atoms with Crippen molar-refractivity contribution >= 4 is 33.9 Å². The molecule has 2 unspecified atom stereocenters. The Morgan fingerprint density at radius 1 is 1.00 bits per heavy atom. The number of anilines is 1. The highest BCUT2D eigenvalue weighted by atomic mass is 35.5. The number of hydrogen-bond acceptors (Lipinski definition) is 6. The Balaban J connectivity index is 1.14. The number of furan rings is 1. The van der Waals surface area contributed by atoms with Crippen LogP contribution in [0.1, 0.15) is 42.6 Å². The molecule has 2 fully saturated rings. The Morgan fingerprint density at radius 3 is 2.40 bits per heavy atom. The van der Waals surface area contributed by atoms with Crippen molar-refractivity contribution < 1.29 is 35.7 Å². The first-order valence-electron chi connectivity index (χ1n) is 13.7. The lowest BCUT2D eigenvalue weighted by atomic mass is 9.89. The molecule has 1 saturated carbocycles. The molecule has 0 spiro atoms. The third kappa shape index (κ3) is 6.78. The SMILES string of the molecule is O=[N+]([O-])c1ccc(NC2CCCC(N3CCN(CCc4oc5ccc(C(F)(F)F)cc5c4Cl)CC3)C2)cc1C(F)(F)F. The summed E-state index contributed by atoms with van der Waals surface area (Å²) in [6.07, 6.45) is -5.43. The second-order valence-electron chi connectivity index (χ2n) is 10.8. The number of hydrogen-bond donors (Lipinski definition) is 1. The fourth-order valence-electron chi connectivity index (χ4n) is 5.94. The maximum atomic E-state index is 13.4. The molecule has 1 aliphatic heterocycles. The van der Waals surface area contributed by atoms with Gasteiger partial charge in [-0.2, -0.15) is 26.3 Å². The summed E-state index contributed by atoms with van der Waals surface area (Å²) in [7, 11) is 0. The van der Waals surface area contributed by atoms with Gasteiger partial charge < -0.3 is 14.6 Å². The van der Waals surface area contributed by atoms with Gasteiger partial charge in [0.15, 0.2) is 0 Å². The van der Waals surface area contributed by atoms with E-state index in [1.54, 1.807) is 0 Å². The van der Waals surface area contributed by atoms with Crippen LogP contribution < -0.4 is 5.32 Å². The summed E-state index contributed by atoms with van der Waals surface area (Å²) in [6, 6.07) is 6.49. The van der Waals surface area contributed by atoms with Gasteiger partial charge in [-0.15, -0.1) is 0 Å². The minimum Gasteiger partial charge on any atom is -0.459 e. The number of nitrogens with zero attached hydrogens (tertiary/aromatic N) is 3. The average molecular weight is 619 g/mol. The molecule has 2 heterocycles. The molecular weight excluding hydrogens is 590 g/mol. The van der Waals surface area contributed by atoms with Crippen molar-refractivity contribution in [3.05, 3.63) is 68.4 Å². The van der Waals surface area contributed by atoms with Gasteiger partial charge in [-0.1, -0.05) is 11.6 Å². The highest BCUT2D eigenvalue weighted by Gasteiger charge is 2.39. The standard InChI is InChI=1S/C28H29ClF6N4O3/c29-26-21-14-17(27(30,31)32)4-7-24(21)42-25(26)8-9-37-10-12-38(13-11-37)20-3-1-2-18(15-20)36-19-5-6-23(39(40)41)22(16-19)28(33,34)35/h4-7,14,16,18,20,36H,1-3,8-13,15H2. The first-order chi connectivity index (χ1) is 19.8. The van der Waals surface area contributed by atoms with Crippen molar-refractivity contribution in [2.75, 3.05) is 38.0 Å². The molecule has 0 bridgehead atoms. The number of rotatable bonds is 7. The lowest BCUT2D eigenvalue weighted by Gasteiger charge is -2.42. The van der Waals surface area contributed by atoms with Crippen molar-refractivity contribution in [2.45, 2.75) is 56.5 Å². The maximum absolute atomic E-state index is 13.4. The van der Waals surface area contributed by atoms with E-state index in [1.165, 1.54) is 12.1 Å². The number of nitro benzene ring substituents is 1. The van der Waals surface area contributed by atoms with Gasteiger partial charge in [0.25, 0.3) is 5.69 Å². The number of fused-ring (bicyclic) bond motifs is 1. The molecule has 0 amide bonds.